The molecule has 1 fully saturated rings. The fourth-order valence-corrected chi connectivity index (χ4v) is 7.75. The van der Waals surface area contributed by atoms with E-state index in [1.165, 1.54) is 11.4 Å². The Kier molecular flexibility index (Phi) is 5.84. The molecule has 1 heterocycles. The number of ether oxygens (including phenoxy) is 1. The average Bonchev–Trinajstić information content (AvgIpc) is 2.80. The molecule has 0 amide bonds. The number of carbonyl (C=O) groups is 2. The maximum atomic E-state index is 12.2. The Labute approximate surface area is 145 Å². The van der Waals surface area contributed by atoms with Crippen LogP contribution < -0.4 is 4.46 Å². The van der Waals surface area contributed by atoms with E-state index in [0.29, 0.717) is 19.4 Å². The molecule has 0 saturated carbocycles. The molecule has 1 aromatic rings. The van der Waals surface area contributed by atoms with Gasteiger partial charge in [-0.05, 0) is 0 Å². The summed E-state index contributed by atoms with van der Waals surface area (Å²) in [6.45, 7) is 8.22. The summed E-state index contributed by atoms with van der Waals surface area (Å²) in [5.41, 5.74) is -1.01. The van der Waals surface area contributed by atoms with Crippen LogP contribution in [0.15, 0.2) is 30.3 Å². The fraction of sp³-hybridized carbons (Fsp3) is 0.529. The average molecular weight is 399 g/mol. The second-order valence-electron chi connectivity index (χ2n) is 6.82. The van der Waals surface area contributed by atoms with Gasteiger partial charge in [-0.25, -0.2) is 0 Å². The molecule has 2 rings (SSSR count). The van der Waals surface area contributed by atoms with Crippen molar-refractivity contribution in [3.63, 3.8) is 0 Å². The van der Waals surface area contributed by atoms with Crippen LogP contribution >= 0.6 is 0 Å². The number of Topliss-reactive ketones (excluding diaryl/α,β-unsaturated/α-hetero) is 1. The van der Waals surface area contributed by atoms with Gasteiger partial charge >= 0.3 is 145 Å². The summed E-state index contributed by atoms with van der Waals surface area (Å²) in [5.74, 6) is -0.480. The number of esters is 1. The second kappa shape index (κ2) is 7.30. The molecule has 4 nitrogen and oxygen atoms in total. The van der Waals surface area contributed by atoms with Crippen LogP contribution in [0.5, 0.6) is 0 Å². The number of hydrogen-bond donors (Lipinski definition) is 0. The molecule has 1 saturated heterocycles. The molecule has 0 bridgehead atoms. The Morgan fingerprint density at radius 3 is 2.48 bits per heavy atom. The summed E-state index contributed by atoms with van der Waals surface area (Å²) < 4.78 is 12.7. The van der Waals surface area contributed by atoms with Crippen LogP contribution in [0.3, 0.4) is 0 Å². The molecule has 1 aromatic carbocycles. The van der Waals surface area contributed by atoms with Crippen molar-refractivity contribution < 1.29 is 18.8 Å². The van der Waals surface area contributed by atoms with Crippen LogP contribution in [0.25, 0.3) is 0 Å². The molecule has 23 heavy (non-hydrogen) atoms. The minimum atomic E-state index is -1.78. The van der Waals surface area contributed by atoms with E-state index in [4.69, 9.17) is 9.16 Å². The third-order valence-corrected chi connectivity index (χ3v) is 7.46. The first-order valence-corrected chi connectivity index (χ1v) is 13.1. The summed E-state index contributed by atoms with van der Waals surface area (Å²) in [6.07, 6.45) is 0.901. The van der Waals surface area contributed by atoms with Crippen LogP contribution in [-0.4, -0.2) is 46.6 Å². The van der Waals surface area contributed by atoms with Gasteiger partial charge in [0.2, 0.25) is 0 Å². The van der Waals surface area contributed by atoms with Gasteiger partial charge in [0.25, 0.3) is 0 Å². The summed E-state index contributed by atoms with van der Waals surface area (Å²) >= 11 is 0.0485. The van der Waals surface area contributed by atoms with Gasteiger partial charge in [-0.3, -0.25) is 0 Å². The van der Waals surface area contributed by atoms with Crippen molar-refractivity contribution >= 4 is 39.5 Å². The molecule has 1 aliphatic rings. The Balaban J connectivity index is 2.22. The third kappa shape index (κ3) is 4.77. The summed E-state index contributed by atoms with van der Waals surface area (Å²) in [5, 5.41) is -0.0916. The first-order valence-electron chi connectivity index (χ1n) is 7.81. The van der Waals surface area contributed by atoms with E-state index in [1.807, 2.05) is 18.2 Å². The maximum absolute atomic E-state index is 12.2. The Morgan fingerprint density at radius 2 is 2.00 bits per heavy atom. The van der Waals surface area contributed by atoms with Crippen LogP contribution in [0.4, 0.5) is 0 Å². The van der Waals surface area contributed by atoms with Gasteiger partial charge in [-0.1, -0.05) is 0 Å². The Bertz CT molecular complexity index is 570. The van der Waals surface area contributed by atoms with Crippen LogP contribution in [0.1, 0.15) is 19.8 Å². The SMILES string of the molecule is CC(=O)C1(CC(O[Si](C)(C)C)[Se]c2ccccc2)CCOC1=O. The number of rotatable bonds is 7. The zero-order chi connectivity index (χ0) is 17.1. The Morgan fingerprint density at radius 1 is 1.35 bits per heavy atom. The van der Waals surface area contributed by atoms with E-state index in [2.05, 4.69) is 31.8 Å². The summed E-state index contributed by atoms with van der Waals surface area (Å²) in [6, 6.07) is 10.2. The molecular formula is C17H24O4SeSi. The molecule has 6 heteroatoms. The minimum absolute atomic E-state index is 0.0485. The molecule has 0 aromatic heterocycles. The number of benzene rings is 1. The van der Waals surface area contributed by atoms with E-state index in [1.54, 1.807) is 0 Å². The number of hydrogen-bond acceptors (Lipinski definition) is 4. The van der Waals surface area contributed by atoms with E-state index in [0.717, 1.165) is 0 Å². The number of ketones is 1. The first kappa shape index (κ1) is 18.4. The molecule has 0 spiro atoms. The monoisotopic (exact) mass is 400 g/mol. The van der Waals surface area contributed by atoms with Crippen LogP contribution in [0.2, 0.25) is 19.6 Å². The fourth-order valence-electron chi connectivity index (χ4n) is 2.64. The number of carbonyl (C=O) groups excluding carboxylic acids is 2. The zero-order valence-corrected chi connectivity index (χ0v) is 16.8. The van der Waals surface area contributed by atoms with Gasteiger partial charge in [-0.15, -0.1) is 0 Å². The molecule has 1 aliphatic heterocycles. The normalized spacial score (nSPS) is 22.7. The first-order chi connectivity index (χ1) is 10.7. The van der Waals surface area contributed by atoms with Crippen molar-refractivity contribution in [1.29, 1.82) is 0 Å². The van der Waals surface area contributed by atoms with Gasteiger partial charge in [0, 0.05) is 0 Å². The predicted octanol–water partition coefficient (Wildman–Crippen LogP) is 2.11. The van der Waals surface area contributed by atoms with E-state index < -0.39 is 13.7 Å². The zero-order valence-electron chi connectivity index (χ0n) is 14.1. The van der Waals surface area contributed by atoms with Crippen molar-refractivity contribution in [3.05, 3.63) is 30.3 Å². The topological polar surface area (TPSA) is 52.6 Å². The predicted molar refractivity (Wildman–Crippen MR) is 93.4 cm³/mol. The van der Waals surface area contributed by atoms with Gasteiger partial charge in [-0.2, -0.15) is 0 Å². The van der Waals surface area contributed by atoms with Crippen LogP contribution in [-0.2, 0) is 18.8 Å². The molecule has 2 unspecified atom stereocenters. The van der Waals surface area contributed by atoms with Crippen molar-refractivity contribution in [2.75, 3.05) is 6.61 Å². The van der Waals surface area contributed by atoms with E-state index >= 15 is 0 Å². The van der Waals surface area contributed by atoms with Crippen molar-refractivity contribution in [2.45, 2.75) is 44.4 Å². The Hall–Kier alpha value is -0.944. The van der Waals surface area contributed by atoms with Crippen molar-refractivity contribution in [3.8, 4) is 0 Å². The van der Waals surface area contributed by atoms with Gasteiger partial charge in [0.1, 0.15) is 0 Å². The van der Waals surface area contributed by atoms with Crippen molar-refractivity contribution in [1.82, 2.24) is 0 Å². The molecule has 126 valence electrons. The van der Waals surface area contributed by atoms with Gasteiger partial charge in [0.15, 0.2) is 0 Å². The quantitative estimate of drug-likeness (QED) is 0.400. The third-order valence-electron chi connectivity index (χ3n) is 3.84. The van der Waals surface area contributed by atoms with E-state index in [-0.39, 0.29) is 31.7 Å². The van der Waals surface area contributed by atoms with Gasteiger partial charge < -0.3 is 0 Å². The molecule has 0 radical (unpaired) electrons. The standard InChI is InChI=1S/C17H24O4SeSi/c1-13(18)17(10-11-20-16(17)19)12-15(21-23(2,3)4)22-14-8-6-5-7-9-14/h5-9,15H,10-12H2,1-4H3. The van der Waals surface area contributed by atoms with E-state index in [9.17, 15) is 9.59 Å². The molecule has 0 N–H and O–H groups in total. The molecular weight excluding hydrogens is 375 g/mol. The second-order valence-corrected chi connectivity index (χ2v) is 13.9. The van der Waals surface area contributed by atoms with Gasteiger partial charge in [0.05, 0.1) is 0 Å². The van der Waals surface area contributed by atoms with Crippen LogP contribution in [0, 0.1) is 5.41 Å². The molecule has 2 atom stereocenters. The molecule has 0 aliphatic carbocycles. The summed E-state index contributed by atoms with van der Waals surface area (Å²) in [7, 11) is -1.78. The summed E-state index contributed by atoms with van der Waals surface area (Å²) in [4.78, 5) is 24.4. The number of cyclic esters (lactones) is 1. The van der Waals surface area contributed by atoms with Crippen molar-refractivity contribution in [2.24, 2.45) is 5.41 Å².